The van der Waals surface area contributed by atoms with Crippen LogP contribution in [0.5, 0.6) is 0 Å². The molecule has 1 aliphatic rings. The maximum absolute atomic E-state index is 5.91. The Labute approximate surface area is 134 Å². The van der Waals surface area contributed by atoms with E-state index in [4.69, 9.17) is 22.9 Å². The zero-order chi connectivity index (χ0) is 14.8. The number of thiazole rings is 1. The van der Waals surface area contributed by atoms with Crippen LogP contribution in [0.1, 0.15) is 35.4 Å². The summed E-state index contributed by atoms with van der Waals surface area (Å²) in [6.45, 7) is 0.713. The van der Waals surface area contributed by atoms with Crippen molar-refractivity contribution in [1.29, 1.82) is 0 Å². The van der Waals surface area contributed by atoms with Crippen molar-refractivity contribution in [3.05, 3.63) is 39.5 Å². The van der Waals surface area contributed by atoms with Gasteiger partial charge >= 0.3 is 0 Å². The van der Waals surface area contributed by atoms with Gasteiger partial charge in [0.15, 0.2) is 0 Å². The van der Waals surface area contributed by atoms with E-state index in [1.807, 2.05) is 12.6 Å². The van der Waals surface area contributed by atoms with Gasteiger partial charge in [0, 0.05) is 18.1 Å². The molecule has 2 heterocycles. The van der Waals surface area contributed by atoms with Gasteiger partial charge in [-0.2, -0.15) is 0 Å². The van der Waals surface area contributed by atoms with Crippen LogP contribution >= 0.6 is 23.6 Å². The summed E-state index contributed by atoms with van der Waals surface area (Å²) >= 11 is 6.82. The molecule has 0 spiro atoms. The monoisotopic (exact) mass is 318 g/mol. The molecule has 0 aromatic carbocycles. The van der Waals surface area contributed by atoms with Crippen molar-refractivity contribution in [2.75, 3.05) is 11.9 Å². The number of fused-ring (bicyclic) bond motifs is 1. The molecule has 6 heteroatoms. The van der Waals surface area contributed by atoms with Crippen LogP contribution in [0.15, 0.2) is 17.0 Å². The first-order chi connectivity index (χ1) is 10.1. The van der Waals surface area contributed by atoms with Crippen molar-refractivity contribution in [1.82, 2.24) is 9.97 Å². The molecule has 2 N–H and O–H groups in total. The zero-order valence-electron chi connectivity index (χ0n) is 12.0. The van der Waals surface area contributed by atoms with E-state index in [1.54, 1.807) is 11.3 Å². The Bertz CT molecular complexity index is 652. The Kier molecular flexibility index (Phi) is 4.17. The molecule has 110 valence electrons. The Balaban J connectivity index is 1.97. The van der Waals surface area contributed by atoms with Gasteiger partial charge in [0.05, 0.1) is 23.3 Å². The molecule has 0 aliphatic heterocycles. The third-order valence-electron chi connectivity index (χ3n) is 3.79. The van der Waals surface area contributed by atoms with Crippen LogP contribution in [0.3, 0.4) is 0 Å². The molecule has 0 saturated heterocycles. The summed E-state index contributed by atoms with van der Waals surface area (Å²) in [7, 11) is 2.01. The molecule has 0 unspecified atom stereocenters. The van der Waals surface area contributed by atoms with Gasteiger partial charge in [0.2, 0.25) is 0 Å². The highest BCUT2D eigenvalue weighted by atomic mass is 32.1. The second-order valence-electron chi connectivity index (χ2n) is 5.37. The number of hydrogen-bond donors (Lipinski definition) is 1. The van der Waals surface area contributed by atoms with Crippen LogP contribution in [-0.4, -0.2) is 22.0 Å². The molecule has 21 heavy (non-hydrogen) atoms. The zero-order valence-corrected chi connectivity index (χ0v) is 13.6. The van der Waals surface area contributed by atoms with Crippen molar-refractivity contribution in [3.8, 4) is 0 Å². The van der Waals surface area contributed by atoms with Crippen LogP contribution in [0.2, 0.25) is 0 Å². The Morgan fingerprint density at radius 2 is 2.24 bits per heavy atom. The topological polar surface area (TPSA) is 55.0 Å². The van der Waals surface area contributed by atoms with Crippen molar-refractivity contribution >= 4 is 34.4 Å². The van der Waals surface area contributed by atoms with E-state index in [9.17, 15) is 0 Å². The van der Waals surface area contributed by atoms with Gasteiger partial charge in [-0.25, -0.2) is 9.97 Å². The number of rotatable bonds is 4. The molecule has 4 nitrogen and oxygen atoms in total. The normalized spacial score (nSPS) is 13.8. The van der Waals surface area contributed by atoms with Crippen molar-refractivity contribution in [2.24, 2.45) is 5.73 Å². The molecule has 3 rings (SSSR count). The van der Waals surface area contributed by atoms with Gasteiger partial charge in [-0.1, -0.05) is 12.2 Å². The summed E-state index contributed by atoms with van der Waals surface area (Å²) in [5.41, 5.74) is 12.2. The minimum absolute atomic E-state index is 0.413. The summed E-state index contributed by atoms with van der Waals surface area (Å²) in [6, 6.07) is 2.14. The van der Waals surface area contributed by atoms with Gasteiger partial charge in [-0.15, -0.1) is 11.3 Å². The number of hydrogen-bond acceptors (Lipinski definition) is 5. The SMILES string of the molecule is CN(Cc1cscn1)c1nc2c(cc1C(N)=S)CCCC2. The second kappa shape index (κ2) is 6.07. The third-order valence-corrected chi connectivity index (χ3v) is 4.65. The van der Waals surface area contributed by atoms with E-state index in [2.05, 4.69) is 21.3 Å². The molecule has 0 atom stereocenters. The van der Waals surface area contributed by atoms with E-state index in [0.29, 0.717) is 11.5 Å². The minimum Gasteiger partial charge on any atom is -0.389 e. The predicted molar refractivity (Wildman–Crippen MR) is 91.0 cm³/mol. The maximum Gasteiger partial charge on any atom is 0.139 e. The average Bonchev–Trinajstić information content (AvgIpc) is 2.98. The van der Waals surface area contributed by atoms with E-state index >= 15 is 0 Å². The number of nitrogens with two attached hydrogens (primary N) is 1. The van der Waals surface area contributed by atoms with Crippen LogP contribution in [0, 0.1) is 0 Å². The van der Waals surface area contributed by atoms with Crippen molar-refractivity contribution in [3.63, 3.8) is 0 Å². The first-order valence-electron chi connectivity index (χ1n) is 7.06. The molecule has 0 bridgehead atoms. The number of aryl methyl sites for hydroxylation is 2. The van der Waals surface area contributed by atoms with Crippen LogP contribution in [-0.2, 0) is 19.4 Å². The van der Waals surface area contributed by atoms with Crippen LogP contribution < -0.4 is 10.6 Å². The molecule has 0 saturated carbocycles. The Hall–Kier alpha value is -1.53. The highest BCUT2D eigenvalue weighted by Gasteiger charge is 2.19. The van der Waals surface area contributed by atoms with Gasteiger partial charge in [0.1, 0.15) is 10.8 Å². The fraction of sp³-hybridized carbons (Fsp3) is 0.400. The molecular weight excluding hydrogens is 300 g/mol. The standard InChI is InChI=1S/C15H18N4S2/c1-19(7-11-8-21-9-17-11)15-12(14(16)20)6-10-4-2-3-5-13(10)18-15/h6,8-9H,2-5,7H2,1H3,(H2,16,20). The minimum atomic E-state index is 0.413. The molecule has 0 fully saturated rings. The summed E-state index contributed by atoms with van der Waals surface area (Å²) in [5.74, 6) is 0.871. The van der Waals surface area contributed by atoms with Crippen LogP contribution in [0.4, 0.5) is 5.82 Å². The van der Waals surface area contributed by atoms with E-state index in [-0.39, 0.29) is 0 Å². The lowest BCUT2D eigenvalue weighted by atomic mass is 9.94. The summed E-state index contributed by atoms with van der Waals surface area (Å²) in [6.07, 6.45) is 4.56. The first-order valence-corrected chi connectivity index (χ1v) is 8.41. The Morgan fingerprint density at radius 1 is 1.43 bits per heavy atom. The van der Waals surface area contributed by atoms with Crippen molar-refractivity contribution in [2.45, 2.75) is 32.2 Å². The summed E-state index contributed by atoms with van der Waals surface area (Å²) in [4.78, 5) is 11.7. The molecule has 1 aliphatic carbocycles. The lowest BCUT2D eigenvalue weighted by Gasteiger charge is -2.24. The average molecular weight is 318 g/mol. The summed E-state index contributed by atoms with van der Waals surface area (Å²) < 4.78 is 0. The van der Waals surface area contributed by atoms with E-state index in [0.717, 1.165) is 29.9 Å². The quantitative estimate of drug-likeness (QED) is 0.879. The number of thiocarbonyl (C=S) groups is 1. The fourth-order valence-corrected chi connectivity index (χ4v) is 3.43. The van der Waals surface area contributed by atoms with Crippen molar-refractivity contribution < 1.29 is 0 Å². The van der Waals surface area contributed by atoms with Gasteiger partial charge in [0.25, 0.3) is 0 Å². The lowest BCUT2D eigenvalue weighted by Crippen LogP contribution is -2.24. The summed E-state index contributed by atoms with van der Waals surface area (Å²) in [5, 5.41) is 2.05. The number of anilines is 1. The fourth-order valence-electron chi connectivity index (χ4n) is 2.73. The smallest absolute Gasteiger partial charge is 0.139 e. The largest absolute Gasteiger partial charge is 0.389 e. The number of nitrogens with zero attached hydrogens (tertiary/aromatic N) is 3. The van der Waals surface area contributed by atoms with Gasteiger partial charge < -0.3 is 10.6 Å². The van der Waals surface area contributed by atoms with Crippen LogP contribution in [0.25, 0.3) is 0 Å². The predicted octanol–water partition coefficient (Wildman–Crippen LogP) is 2.69. The molecule has 2 aromatic rings. The third kappa shape index (κ3) is 3.06. The number of pyridine rings is 1. The van der Waals surface area contributed by atoms with E-state index in [1.165, 1.54) is 24.1 Å². The first kappa shape index (κ1) is 14.4. The molecule has 0 radical (unpaired) electrons. The highest BCUT2D eigenvalue weighted by Crippen LogP contribution is 2.27. The Morgan fingerprint density at radius 3 is 2.95 bits per heavy atom. The highest BCUT2D eigenvalue weighted by molar-refractivity contribution is 7.80. The molecule has 2 aromatic heterocycles. The van der Waals surface area contributed by atoms with Gasteiger partial charge in [-0.3, -0.25) is 0 Å². The van der Waals surface area contributed by atoms with E-state index < -0.39 is 0 Å². The maximum atomic E-state index is 5.91. The molecular formula is C15H18N4S2. The molecule has 0 amide bonds. The van der Waals surface area contributed by atoms with Gasteiger partial charge in [-0.05, 0) is 37.3 Å². The number of aromatic nitrogens is 2. The second-order valence-corrected chi connectivity index (χ2v) is 6.53. The lowest BCUT2D eigenvalue weighted by molar-refractivity contribution is 0.665.